The van der Waals surface area contributed by atoms with Gasteiger partial charge in [0, 0.05) is 37.4 Å². The molecule has 0 bridgehead atoms. The molecule has 35 heavy (non-hydrogen) atoms. The Morgan fingerprint density at radius 2 is 1.57 bits per heavy atom. The molecule has 3 aromatic rings. The van der Waals surface area contributed by atoms with E-state index in [0.717, 1.165) is 17.0 Å². The molecule has 0 spiro atoms. The Morgan fingerprint density at radius 3 is 2.20 bits per heavy atom. The van der Waals surface area contributed by atoms with E-state index < -0.39 is 10.0 Å². The Morgan fingerprint density at radius 1 is 0.886 bits per heavy atom. The number of nitrogens with zero attached hydrogens (tertiary/aromatic N) is 2. The number of sulfonamides is 1. The maximum Gasteiger partial charge on any atom is 0.256 e. The summed E-state index contributed by atoms with van der Waals surface area (Å²) in [5.41, 5.74) is 2.66. The van der Waals surface area contributed by atoms with Crippen molar-refractivity contribution in [1.82, 2.24) is 4.31 Å². The molecule has 1 amide bonds. The van der Waals surface area contributed by atoms with Gasteiger partial charge in [-0.1, -0.05) is 18.2 Å². The summed E-state index contributed by atoms with van der Waals surface area (Å²) >= 11 is 0. The number of carbonyl (C=O) groups is 1. The monoisotopic (exact) mass is 495 g/mol. The van der Waals surface area contributed by atoms with Crippen LogP contribution in [0.15, 0.2) is 71.6 Å². The third kappa shape index (κ3) is 5.26. The molecule has 1 saturated heterocycles. The molecule has 8 nitrogen and oxygen atoms in total. The third-order valence-electron chi connectivity index (χ3n) is 6.12. The molecule has 1 aliphatic heterocycles. The van der Waals surface area contributed by atoms with E-state index >= 15 is 0 Å². The summed E-state index contributed by atoms with van der Waals surface area (Å²) in [7, 11) is -0.655. The quantitative estimate of drug-likeness (QED) is 0.537. The number of carbonyl (C=O) groups excluding carboxylic acids is 1. The van der Waals surface area contributed by atoms with Gasteiger partial charge in [0.05, 0.1) is 24.8 Å². The summed E-state index contributed by atoms with van der Waals surface area (Å²) in [5, 5.41) is 2.81. The van der Waals surface area contributed by atoms with Crippen LogP contribution in [0.25, 0.3) is 0 Å². The molecule has 0 radical (unpaired) electrons. The van der Waals surface area contributed by atoms with Crippen molar-refractivity contribution >= 4 is 27.3 Å². The molecule has 1 fully saturated rings. The van der Waals surface area contributed by atoms with Crippen molar-refractivity contribution in [2.75, 3.05) is 50.6 Å². The molecule has 0 aromatic heterocycles. The van der Waals surface area contributed by atoms with E-state index in [4.69, 9.17) is 9.47 Å². The van der Waals surface area contributed by atoms with Gasteiger partial charge in [0.15, 0.2) is 0 Å². The Kier molecular flexibility index (Phi) is 7.28. The predicted octanol–water partition coefficient (Wildman–Crippen LogP) is 3.78. The second kappa shape index (κ2) is 10.4. The van der Waals surface area contributed by atoms with E-state index in [9.17, 15) is 13.2 Å². The number of methoxy groups -OCH3 is 2. The van der Waals surface area contributed by atoms with E-state index in [0.29, 0.717) is 43.2 Å². The number of ether oxygens (including phenoxy) is 2. The number of hydrogen-bond donors (Lipinski definition) is 1. The molecule has 0 unspecified atom stereocenters. The summed E-state index contributed by atoms with van der Waals surface area (Å²) in [6, 6.07) is 19.5. The molecule has 1 aliphatic rings. The number of piperazine rings is 1. The van der Waals surface area contributed by atoms with Gasteiger partial charge in [-0.3, -0.25) is 4.79 Å². The average molecular weight is 496 g/mol. The minimum Gasteiger partial charge on any atom is -0.497 e. The first-order chi connectivity index (χ1) is 16.8. The van der Waals surface area contributed by atoms with Crippen LogP contribution in [0, 0.1) is 6.92 Å². The number of amides is 1. The lowest BCUT2D eigenvalue weighted by molar-refractivity contribution is 0.102. The van der Waals surface area contributed by atoms with Crippen molar-refractivity contribution in [1.29, 1.82) is 0 Å². The Hall–Kier alpha value is -3.56. The topological polar surface area (TPSA) is 88.2 Å². The standard InChI is InChI=1S/C26H29N3O5S/c1-19-6-4-5-7-23(19)26(30)27-24-18-22(12-13-25(24)34-3)35(31,32)29-16-14-28(15-17-29)20-8-10-21(33-2)11-9-20/h4-13,18H,14-17H2,1-3H3,(H,27,30). The fourth-order valence-corrected chi connectivity index (χ4v) is 5.54. The first-order valence-corrected chi connectivity index (χ1v) is 12.7. The van der Waals surface area contributed by atoms with Crippen LogP contribution in [0.5, 0.6) is 11.5 Å². The van der Waals surface area contributed by atoms with Crippen molar-refractivity contribution in [3.63, 3.8) is 0 Å². The van der Waals surface area contributed by atoms with Gasteiger partial charge in [0.25, 0.3) is 5.91 Å². The van der Waals surface area contributed by atoms with E-state index in [-0.39, 0.29) is 10.8 Å². The minimum atomic E-state index is -3.75. The maximum atomic E-state index is 13.4. The number of aryl methyl sites for hydroxylation is 1. The van der Waals surface area contributed by atoms with Gasteiger partial charge in [-0.15, -0.1) is 0 Å². The van der Waals surface area contributed by atoms with Crippen LogP contribution in [0.2, 0.25) is 0 Å². The zero-order valence-corrected chi connectivity index (χ0v) is 20.8. The highest BCUT2D eigenvalue weighted by Crippen LogP contribution is 2.30. The van der Waals surface area contributed by atoms with Crippen molar-refractivity contribution in [3.05, 3.63) is 77.9 Å². The fourth-order valence-electron chi connectivity index (χ4n) is 4.09. The fraction of sp³-hybridized carbons (Fsp3) is 0.269. The van der Waals surface area contributed by atoms with Crippen LogP contribution < -0.4 is 19.7 Å². The molecule has 0 saturated carbocycles. The minimum absolute atomic E-state index is 0.108. The first kappa shape index (κ1) is 24.6. The van der Waals surface area contributed by atoms with Crippen molar-refractivity contribution in [2.45, 2.75) is 11.8 Å². The molecule has 1 heterocycles. The van der Waals surface area contributed by atoms with Gasteiger partial charge in [0.1, 0.15) is 11.5 Å². The summed E-state index contributed by atoms with van der Waals surface area (Å²) in [6.07, 6.45) is 0. The number of hydrogen-bond acceptors (Lipinski definition) is 6. The normalized spacial score (nSPS) is 14.4. The van der Waals surface area contributed by atoms with Crippen LogP contribution in [0.1, 0.15) is 15.9 Å². The second-order valence-electron chi connectivity index (χ2n) is 8.22. The zero-order chi connectivity index (χ0) is 25.0. The van der Waals surface area contributed by atoms with Gasteiger partial charge in [-0.05, 0) is 61.0 Å². The lowest BCUT2D eigenvalue weighted by atomic mass is 10.1. The van der Waals surface area contributed by atoms with Crippen LogP contribution in [0.3, 0.4) is 0 Å². The summed E-state index contributed by atoms with van der Waals surface area (Å²) in [6.45, 7) is 3.69. The molecule has 184 valence electrons. The Bertz CT molecular complexity index is 1300. The summed E-state index contributed by atoms with van der Waals surface area (Å²) in [4.78, 5) is 15.1. The lowest BCUT2D eigenvalue weighted by Crippen LogP contribution is -2.48. The molecular formula is C26H29N3O5S. The smallest absolute Gasteiger partial charge is 0.256 e. The van der Waals surface area contributed by atoms with Crippen LogP contribution in [-0.4, -0.2) is 59.0 Å². The molecule has 0 aliphatic carbocycles. The van der Waals surface area contributed by atoms with Crippen molar-refractivity contribution < 1.29 is 22.7 Å². The first-order valence-electron chi connectivity index (χ1n) is 11.3. The Balaban J connectivity index is 1.51. The zero-order valence-electron chi connectivity index (χ0n) is 20.0. The molecule has 4 rings (SSSR count). The maximum absolute atomic E-state index is 13.4. The molecule has 3 aromatic carbocycles. The Labute approximate surface area is 206 Å². The van der Waals surface area contributed by atoms with Crippen LogP contribution in [0.4, 0.5) is 11.4 Å². The molecule has 1 N–H and O–H groups in total. The number of nitrogens with one attached hydrogen (secondary N) is 1. The van der Waals surface area contributed by atoms with Gasteiger partial charge >= 0.3 is 0 Å². The number of rotatable bonds is 7. The number of anilines is 2. The van der Waals surface area contributed by atoms with Crippen molar-refractivity contribution in [3.8, 4) is 11.5 Å². The predicted molar refractivity (Wildman–Crippen MR) is 136 cm³/mol. The van der Waals surface area contributed by atoms with E-state index in [1.807, 2.05) is 43.3 Å². The van der Waals surface area contributed by atoms with Crippen LogP contribution in [-0.2, 0) is 10.0 Å². The van der Waals surface area contributed by atoms with E-state index in [1.54, 1.807) is 25.3 Å². The largest absolute Gasteiger partial charge is 0.497 e. The molecule has 0 atom stereocenters. The van der Waals surface area contributed by atoms with E-state index in [2.05, 4.69) is 10.2 Å². The highest BCUT2D eigenvalue weighted by Gasteiger charge is 2.29. The molecular weight excluding hydrogens is 466 g/mol. The third-order valence-corrected chi connectivity index (χ3v) is 8.02. The van der Waals surface area contributed by atoms with Gasteiger partial charge < -0.3 is 19.7 Å². The highest BCUT2D eigenvalue weighted by molar-refractivity contribution is 7.89. The van der Waals surface area contributed by atoms with Crippen LogP contribution >= 0.6 is 0 Å². The average Bonchev–Trinajstić information content (AvgIpc) is 2.89. The highest BCUT2D eigenvalue weighted by atomic mass is 32.2. The summed E-state index contributed by atoms with van der Waals surface area (Å²) in [5.74, 6) is 0.832. The number of benzene rings is 3. The van der Waals surface area contributed by atoms with Gasteiger partial charge in [-0.2, -0.15) is 4.31 Å². The SMILES string of the molecule is COc1ccc(N2CCN(S(=O)(=O)c3ccc(OC)c(NC(=O)c4ccccc4C)c3)CC2)cc1. The van der Waals surface area contributed by atoms with Gasteiger partial charge in [0.2, 0.25) is 10.0 Å². The van der Waals surface area contributed by atoms with Crippen molar-refractivity contribution in [2.24, 2.45) is 0 Å². The molecule has 9 heteroatoms. The van der Waals surface area contributed by atoms with E-state index in [1.165, 1.54) is 23.5 Å². The van der Waals surface area contributed by atoms with Gasteiger partial charge in [-0.25, -0.2) is 8.42 Å². The summed E-state index contributed by atoms with van der Waals surface area (Å²) < 4.78 is 38.9. The lowest BCUT2D eigenvalue weighted by Gasteiger charge is -2.35. The second-order valence-corrected chi connectivity index (χ2v) is 10.2.